The van der Waals surface area contributed by atoms with Crippen LogP contribution in [-0.2, 0) is 6.54 Å². The summed E-state index contributed by atoms with van der Waals surface area (Å²) in [5, 5.41) is 0. The highest BCUT2D eigenvalue weighted by atomic mass is 15.2. The molecule has 2 aromatic carbocycles. The van der Waals surface area contributed by atoms with Crippen LogP contribution in [0.5, 0.6) is 0 Å². The van der Waals surface area contributed by atoms with Gasteiger partial charge < -0.3 is 0 Å². The summed E-state index contributed by atoms with van der Waals surface area (Å²) >= 11 is 0. The van der Waals surface area contributed by atoms with Crippen molar-refractivity contribution in [3.05, 3.63) is 102 Å². The molecule has 1 fully saturated rings. The molecule has 0 N–H and O–H groups in total. The molecule has 1 saturated heterocycles. The van der Waals surface area contributed by atoms with Crippen LogP contribution in [-0.4, -0.2) is 15.4 Å². The molecule has 1 aliphatic heterocycles. The van der Waals surface area contributed by atoms with Crippen molar-refractivity contribution in [2.75, 3.05) is 0 Å². The fourth-order valence-electron chi connectivity index (χ4n) is 4.47. The van der Waals surface area contributed by atoms with Crippen molar-refractivity contribution in [2.45, 2.75) is 44.3 Å². The van der Waals surface area contributed by atoms with Gasteiger partial charge in [-0.05, 0) is 49.1 Å². The van der Waals surface area contributed by atoms with Gasteiger partial charge in [0.2, 0.25) is 0 Å². The molecule has 1 aromatic heterocycles. The van der Waals surface area contributed by atoms with E-state index in [9.17, 15) is 0 Å². The van der Waals surface area contributed by atoms with Crippen LogP contribution in [0.4, 0.5) is 0 Å². The van der Waals surface area contributed by atoms with E-state index in [2.05, 4.69) is 96.5 Å². The van der Waals surface area contributed by atoms with Crippen molar-refractivity contribution in [1.29, 1.82) is 0 Å². The van der Waals surface area contributed by atoms with Gasteiger partial charge in [-0.2, -0.15) is 0 Å². The molecule has 0 saturated carbocycles. The molecule has 1 aliphatic rings. The van der Waals surface area contributed by atoms with Crippen LogP contribution < -0.4 is 0 Å². The third-order valence-corrected chi connectivity index (χ3v) is 5.92. The first kappa shape index (κ1) is 17.0. The van der Waals surface area contributed by atoms with E-state index in [1.807, 2.05) is 12.4 Å². The zero-order valence-electron chi connectivity index (χ0n) is 15.5. The lowest BCUT2D eigenvalue weighted by atomic mass is 9.82. The summed E-state index contributed by atoms with van der Waals surface area (Å²) in [6, 6.07) is 26.6. The van der Waals surface area contributed by atoms with E-state index in [0.717, 1.165) is 13.0 Å². The molecule has 0 radical (unpaired) electrons. The average Bonchev–Trinajstić information content (AvgIpc) is 2.95. The molecule has 0 spiro atoms. The second-order valence-corrected chi connectivity index (χ2v) is 7.76. The first-order valence-electron chi connectivity index (χ1n) is 9.42. The third-order valence-electron chi connectivity index (χ3n) is 5.92. The largest absolute Gasteiger partial charge is 0.286 e. The molecule has 2 heteroatoms. The molecular formula is C24H26N2. The minimum atomic E-state index is 0.0672. The monoisotopic (exact) mass is 342 g/mol. The Hall–Kier alpha value is -2.45. The molecule has 132 valence electrons. The molecule has 26 heavy (non-hydrogen) atoms. The summed E-state index contributed by atoms with van der Waals surface area (Å²) in [6.45, 7) is 5.75. The van der Waals surface area contributed by atoms with Crippen LogP contribution in [0.1, 0.15) is 48.9 Å². The van der Waals surface area contributed by atoms with Crippen LogP contribution in [0.3, 0.4) is 0 Å². The quantitative estimate of drug-likeness (QED) is 0.614. The van der Waals surface area contributed by atoms with E-state index in [1.165, 1.54) is 16.7 Å². The van der Waals surface area contributed by atoms with Crippen molar-refractivity contribution < 1.29 is 0 Å². The number of likely N-dealkylation sites (tertiary alicyclic amines) is 1. The number of pyridine rings is 1. The van der Waals surface area contributed by atoms with E-state index in [1.54, 1.807) is 0 Å². The highest BCUT2D eigenvalue weighted by Gasteiger charge is 2.47. The Morgan fingerprint density at radius 1 is 0.846 bits per heavy atom. The lowest BCUT2D eigenvalue weighted by Gasteiger charge is -2.39. The molecule has 3 aromatic rings. The minimum Gasteiger partial charge on any atom is -0.286 e. The summed E-state index contributed by atoms with van der Waals surface area (Å²) in [5.41, 5.74) is 4.24. The van der Waals surface area contributed by atoms with Crippen LogP contribution >= 0.6 is 0 Å². The van der Waals surface area contributed by atoms with Gasteiger partial charge in [0.1, 0.15) is 0 Å². The van der Waals surface area contributed by atoms with Crippen molar-refractivity contribution in [3.63, 3.8) is 0 Å². The molecule has 2 unspecified atom stereocenters. The zero-order chi connectivity index (χ0) is 18.0. The van der Waals surface area contributed by atoms with Crippen molar-refractivity contribution in [3.8, 4) is 0 Å². The van der Waals surface area contributed by atoms with E-state index in [4.69, 9.17) is 0 Å². The minimum absolute atomic E-state index is 0.0672. The van der Waals surface area contributed by atoms with Gasteiger partial charge in [0.05, 0.1) is 0 Å². The standard InChI is InChI=1S/C24H26N2/c1-24(2)22(20-13-15-25-16-14-20)17-23(21-11-7-4-8-12-21)26(24)18-19-9-5-3-6-10-19/h3-16,22-23H,17-18H2,1-2H3. The number of hydrogen-bond acceptors (Lipinski definition) is 2. The number of benzene rings is 2. The van der Waals surface area contributed by atoms with Crippen LogP contribution in [0.25, 0.3) is 0 Å². The molecule has 2 heterocycles. The molecular weight excluding hydrogens is 316 g/mol. The normalized spacial score (nSPS) is 22.4. The fraction of sp³-hybridized carbons (Fsp3) is 0.292. The van der Waals surface area contributed by atoms with Gasteiger partial charge >= 0.3 is 0 Å². The zero-order valence-corrected chi connectivity index (χ0v) is 15.5. The van der Waals surface area contributed by atoms with E-state index >= 15 is 0 Å². The topological polar surface area (TPSA) is 16.1 Å². The summed E-state index contributed by atoms with van der Waals surface area (Å²) < 4.78 is 0. The van der Waals surface area contributed by atoms with Gasteiger partial charge in [-0.15, -0.1) is 0 Å². The number of aromatic nitrogens is 1. The van der Waals surface area contributed by atoms with Gasteiger partial charge in [-0.3, -0.25) is 9.88 Å². The Balaban J connectivity index is 1.73. The van der Waals surface area contributed by atoms with Gasteiger partial charge in [0.25, 0.3) is 0 Å². The Labute approximate surface area is 156 Å². The lowest BCUT2D eigenvalue weighted by molar-refractivity contribution is 0.112. The molecule has 0 aliphatic carbocycles. The molecule has 2 nitrogen and oxygen atoms in total. The Bertz CT molecular complexity index is 828. The number of nitrogens with zero attached hydrogens (tertiary/aromatic N) is 2. The predicted molar refractivity (Wildman–Crippen MR) is 107 cm³/mol. The summed E-state index contributed by atoms with van der Waals surface area (Å²) in [7, 11) is 0. The van der Waals surface area contributed by atoms with Gasteiger partial charge in [0.15, 0.2) is 0 Å². The SMILES string of the molecule is CC1(C)C(c2ccncc2)CC(c2ccccc2)N1Cc1ccccc1. The van der Waals surface area contributed by atoms with Crippen molar-refractivity contribution in [1.82, 2.24) is 9.88 Å². The average molecular weight is 342 g/mol. The Kier molecular flexibility index (Phi) is 4.60. The number of rotatable bonds is 4. The summed E-state index contributed by atoms with van der Waals surface area (Å²) in [6.07, 6.45) is 4.97. The maximum Gasteiger partial charge on any atom is 0.0363 e. The highest BCUT2D eigenvalue weighted by Crippen LogP contribution is 2.51. The third kappa shape index (κ3) is 3.17. The van der Waals surface area contributed by atoms with Crippen molar-refractivity contribution in [2.24, 2.45) is 0 Å². The van der Waals surface area contributed by atoms with E-state index in [-0.39, 0.29) is 5.54 Å². The van der Waals surface area contributed by atoms with Crippen LogP contribution in [0.15, 0.2) is 85.2 Å². The fourth-order valence-corrected chi connectivity index (χ4v) is 4.47. The molecule has 0 bridgehead atoms. The highest BCUT2D eigenvalue weighted by molar-refractivity contribution is 5.30. The molecule has 0 amide bonds. The maximum atomic E-state index is 4.21. The first-order valence-corrected chi connectivity index (χ1v) is 9.42. The van der Waals surface area contributed by atoms with Crippen LogP contribution in [0, 0.1) is 0 Å². The van der Waals surface area contributed by atoms with Crippen molar-refractivity contribution >= 4 is 0 Å². The van der Waals surface area contributed by atoms with E-state index < -0.39 is 0 Å². The second-order valence-electron chi connectivity index (χ2n) is 7.76. The van der Waals surface area contributed by atoms with E-state index in [0.29, 0.717) is 12.0 Å². The van der Waals surface area contributed by atoms with Crippen LogP contribution in [0.2, 0.25) is 0 Å². The second kappa shape index (κ2) is 7.05. The molecule has 4 rings (SSSR count). The Morgan fingerprint density at radius 3 is 2.12 bits per heavy atom. The van der Waals surface area contributed by atoms with Gasteiger partial charge in [0, 0.05) is 36.4 Å². The maximum absolute atomic E-state index is 4.21. The van der Waals surface area contributed by atoms with Gasteiger partial charge in [-0.25, -0.2) is 0 Å². The predicted octanol–water partition coefficient (Wildman–Crippen LogP) is 5.59. The van der Waals surface area contributed by atoms with Gasteiger partial charge in [-0.1, -0.05) is 60.7 Å². The smallest absolute Gasteiger partial charge is 0.0363 e. The lowest BCUT2D eigenvalue weighted by Crippen LogP contribution is -2.42. The number of hydrogen-bond donors (Lipinski definition) is 0. The summed E-state index contributed by atoms with van der Waals surface area (Å²) in [5.74, 6) is 0.486. The first-order chi connectivity index (χ1) is 12.7. The molecule has 2 atom stereocenters. The summed E-state index contributed by atoms with van der Waals surface area (Å²) in [4.78, 5) is 6.90. The Morgan fingerprint density at radius 2 is 1.46 bits per heavy atom.